The fraction of sp³-hybridized carbons (Fsp3) is 0.450. The second-order valence-electron chi connectivity index (χ2n) is 7.10. The van der Waals surface area contributed by atoms with Crippen LogP contribution in [-0.4, -0.2) is 60.2 Å². The molecule has 28 heavy (non-hydrogen) atoms. The van der Waals surface area contributed by atoms with E-state index in [0.29, 0.717) is 17.5 Å². The van der Waals surface area contributed by atoms with E-state index in [0.717, 1.165) is 49.1 Å². The van der Waals surface area contributed by atoms with E-state index in [1.165, 1.54) is 11.9 Å². The van der Waals surface area contributed by atoms with Crippen molar-refractivity contribution >= 4 is 40.3 Å². The molecule has 1 aliphatic rings. The maximum absolute atomic E-state index is 11.5. The number of nitrogens with zero attached hydrogens (tertiary/aromatic N) is 3. The molecule has 0 aliphatic carbocycles. The van der Waals surface area contributed by atoms with Gasteiger partial charge in [0.25, 0.3) is 0 Å². The number of amides is 2. The zero-order valence-electron chi connectivity index (χ0n) is 15.9. The highest BCUT2D eigenvalue weighted by Crippen LogP contribution is 2.26. The van der Waals surface area contributed by atoms with Crippen molar-refractivity contribution in [3.8, 4) is 0 Å². The molecule has 2 aromatic rings. The van der Waals surface area contributed by atoms with Crippen LogP contribution in [-0.2, 0) is 4.79 Å². The number of halogens is 1. The fourth-order valence-corrected chi connectivity index (χ4v) is 3.73. The zero-order valence-corrected chi connectivity index (χ0v) is 16.7. The van der Waals surface area contributed by atoms with Crippen molar-refractivity contribution in [2.24, 2.45) is 5.92 Å². The number of piperidine rings is 1. The maximum Gasteiger partial charge on any atom is 0.407 e. The molecule has 0 radical (unpaired) electrons. The highest BCUT2D eigenvalue weighted by molar-refractivity contribution is 6.31. The lowest BCUT2D eigenvalue weighted by atomic mass is 9.93. The summed E-state index contributed by atoms with van der Waals surface area (Å²) >= 11 is 6.03. The van der Waals surface area contributed by atoms with E-state index in [-0.39, 0.29) is 12.5 Å². The number of carbonyl (C=O) groups excluding carboxylic acids is 1. The Labute approximate surface area is 169 Å². The summed E-state index contributed by atoms with van der Waals surface area (Å²) in [5.74, 6) is 1.11. The summed E-state index contributed by atoms with van der Waals surface area (Å²) in [5.41, 5.74) is 0.926. The smallest absolute Gasteiger partial charge is 0.407 e. The Bertz CT molecular complexity index is 852. The molecule has 1 fully saturated rings. The number of benzene rings is 1. The van der Waals surface area contributed by atoms with E-state index in [1.807, 2.05) is 30.3 Å². The van der Waals surface area contributed by atoms with Crippen molar-refractivity contribution in [2.75, 3.05) is 38.1 Å². The molecule has 3 rings (SSSR count). The van der Waals surface area contributed by atoms with Crippen LogP contribution in [0, 0.1) is 5.92 Å². The van der Waals surface area contributed by atoms with E-state index in [2.05, 4.69) is 10.2 Å². The molecular formula is C20H25ClN4O3. The molecule has 0 spiro atoms. The van der Waals surface area contributed by atoms with Gasteiger partial charge in [-0.2, -0.15) is 0 Å². The third-order valence-corrected chi connectivity index (χ3v) is 5.50. The van der Waals surface area contributed by atoms with Crippen LogP contribution in [0.5, 0.6) is 0 Å². The number of fused-ring (bicyclic) bond motifs is 1. The Morgan fingerprint density at radius 2 is 2.04 bits per heavy atom. The van der Waals surface area contributed by atoms with Crippen molar-refractivity contribution in [3.05, 3.63) is 35.4 Å². The van der Waals surface area contributed by atoms with Crippen molar-refractivity contribution in [1.29, 1.82) is 0 Å². The minimum Gasteiger partial charge on any atom is -0.465 e. The number of rotatable bonds is 6. The molecule has 0 saturated carbocycles. The minimum atomic E-state index is -1.05. The second-order valence-corrected chi connectivity index (χ2v) is 7.54. The van der Waals surface area contributed by atoms with Crippen molar-refractivity contribution in [2.45, 2.75) is 19.3 Å². The molecule has 8 heteroatoms. The molecule has 1 aliphatic heterocycles. The highest BCUT2D eigenvalue weighted by Gasteiger charge is 2.23. The first kappa shape index (κ1) is 20.2. The van der Waals surface area contributed by atoms with Gasteiger partial charge in [0, 0.05) is 37.1 Å². The van der Waals surface area contributed by atoms with Crippen molar-refractivity contribution < 1.29 is 14.7 Å². The first-order valence-electron chi connectivity index (χ1n) is 9.46. The number of hydrogen-bond acceptors (Lipinski definition) is 4. The molecule has 1 saturated heterocycles. The Morgan fingerprint density at radius 3 is 2.71 bits per heavy atom. The van der Waals surface area contributed by atoms with Crippen molar-refractivity contribution in [1.82, 2.24) is 15.2 Å². The quantitative estimate of drug-likeness (QED) is 0.772. The van der Waals surface area contributed by atoms with Gasteiger partial charge in [-0.25, -0.2) is 9.78 Å². The van der Waals surface area contributed by atoms with Crippen LogP contribution in [0.3, 0.4) is 0 Å². The van der Waals surface area contributed by atoms with Crippen molar-refractivity contribution in [3.63, 3.8) is 0 Å². The lowest BCUT2D eigenvalue weighted by molar-refractivity contribution is -0.121. The summed E-state index contributed by atoms with van der Waals surface area (Å²) in [5, 5.41) is 13.5. The summed E-state index contributed by atoms with van der Waals surface area (Å²) < 4.78 is 0. The molecule has 2 N–H and O–H groups in total. The lowest BCUT2D eigenvalue weighted by Crippen LogP contribution is -2.41. The number of pyridine rings is 1. The van der Waals surface area contributed by atoms with Crippen LogP contribution in [0.15, 0.2) is 30.3 Å². The third-order valence-electron chi connectivity index (χ3n) is 5.27. The SMILES string of the molecule is CNC(=O)CN(CCC1CCN(c2ccc3cc(Cl)ccc3n2)CC1)C(=O)O. The number of carbonyl (C=O) groups is 2. The summed E-state index contributed by atoms with van der Waals surface area (Å²) in [6.07, 6.45) is 1.67. The molecule has 150 valence electrons. The van der Waals surface area contributed by atoms with Gasteiger partial charge in [-0.3, -0.25) is 9.69 Å². The molecule has 7 nitrogen and oxygen atoms in total. The fourth-order valence-electron chi connectivity index (χ4n) is 3.55. The first-order chi connectivity index (χ1) is 13.5. The topological polar surface area (TPSA) is 85.8 Å². The number of carboxylic acid groups (broad SMARTS) is 1. The number of likely N-dealkylation sites (N-methyl/N-ethyl adjacent to an activating group) is 1. The summed E-state index contributed by atoms with van der Waals surface area (Å²) in [6, 6.07) is 9.75. The number of hydrogen-bond donors (Lipinski definition) is 2. The molecular weight excluding hydrogens is 380 g/mol. The van der Waals surface area contributed by atoms with Gasteiger partial charge in [0.15, 0.2) is 0 Å². The minimum absolute atomic E-state index is 0.115. The number of anilines is 1. The average molecular weight is 405 g/mol. The van der Waals surface area contributed by atoms with E-state index < -0.39 is 6.09 Å². The van der Waals surface area contributed by atoms with Gasteiger partial charge in [0.2, 0.25) is 5.91 Å². The predicted molar refractivity (Wildman–Crippen MR) is 110 cm³/mol. The average Bonchev–Trinajstić information content (AvgIpc) is 2.70. The van der Waals surface area contributed by atoms with E-state index in [9.17, 15) is 14.7 Å². The van der Waals surface area contributed by atoms with Gasteiger partial charge in [-0.05, 0) is 55.5 Å². The monoisotopic (exact) mass is 404 g/mol. The maximum atomic E-state index is 11.5. The van der Waals surface area contributed by atoms with E-state index >= 15 is 0 Å². The summed E-state index contributed by atoms with van der Waals surface area (Å²) in [4.78, 5) is 31.0. The lowest BCUT2D eigenvalue weighted by Gasteiger charge is -2.33. The van der Waals surface area contributed by atoms with Gasteiger partial charge < -0.3 is 15.3 Å². The van der Waals surface area contributed by atoms with Crippen LogP contribution >= 0.6 is 11.6 Å². The van der Waals surface area contributed by atoms with Gasteiger partial charge in [-0.15, -0.1) is 0 Å². The van der Waals surface area contributed by atoms with E-state index in [4.69, 9.17) is 16.6 Å². The Morgan fingerprint density at radius 1 is 1.29 bits per heavy atom. The van der Waals surface area contributed by atoms with Gasteiger partial charge >= 0.3 is 6.09 Å². The van der Waals surface area contributed by atoms with Gasteiger partial charge in [0.05, 0.1) is 5.52 Å². The van der Waals surface area contributed by atoms with Crippen LogP contribution in [0.4, 0.5) is 10.6 Å². The molecule has 2 heterocycles. The molecule has 0 bridgehead atoms. The molecule has 0 atom stereocenters. The highest BCUT2D eigenvalue weighted by atomic mass is 35.5. The van der Waals surface area contributed by atoms with Crippen LogP contribution in [0.2, 0.25) is 5.02 Å². The zero-order chi connectivity index (χ0) is 20.1. The Balaban J connectivity index is 1.53. The molecule has 2 amide bonds. The number of aromatic nitrogens is 1. The largest absolute Gasteiger partial charge is 0.465 e. The number of nitrogens with one attached hydrogen (secondary N) is 1. The Kier molecular flexibility index (Phi) is 6.57. The third kappa shape index (κ3) is 5.04. The summed E-state index contributed by atoms with van der Waals surface area (Å²) in [7, 11) is 1.51. The van der Waals surface area contributed by atoms with Crippen LogP contribution in [0.1, 0.15) is 19.3 Å². The van der Waals surface area contributed by atoms with Gasteiger partial charge in [0.1, 0.15) is 12.4 Å². The standard InChI is InChI=1S/C20H25ClN4O3/c1-22-19(26)13-25(20(27)28)11-8-14-6-9-24(10-7-14)18-5-2-15-12-16(21)3-4-17(15)23-18/h2-5,12,14H,6-11,13H2,1H3,(H,22,26)(H,27,28). The Hall–Kier alpha value is -2.54. The van der Waals surface area contributed by atoms with Crippen LogP contribution < -0.4 is 10.2 Å². The normalized spacial score (nSPS) is 14.9. The summed E-state index contributed by atoms with van der Waals surface area (Å²) in [6.45, 7) is 2.04. The predicted octanol–water partition coefficient (Wildman–Crippen LogP) is 3.22. The second kappa shape index (κ2) is 9.10. The van der Waals surface area contributed by atoms with Gasteiger partial charge in [-0.1, -0.05) is 11.6 Å². The molecule has 1 aromatic carbocycles. The first-order valence-corrected chi connectivity index (χ1v) is 9.84. The molecule has 0 unspecified atom stereocenters. The van der Waals surface area contributed by atoms with Crippen LogP contribution in [0.25, 0.3) is 10.9 Å². The molecule has 1 aromatic heterocycles. The van der Waals surface area contributed by atoms with E-state index in [1.54, 1.807) is 0 Å².